The maximum atomic E-state index is 11.9. The Morgan fingerprint density at radius 3 is 2.81 bits per heavy atom. The molecule has 0 radical (unpaired) electrons. The Morgan fingerprint density at radius 2 is 2.19 bits per heavy atom. The van der Waals surface area contributed by atoms with Crippen LogP contribution in [0.4, 0.5) is 5.69 Å². The van der Waals surface area contributed by atoms with Gasteiger partial charge in [-0.15, -0.1) is 0 Å². The van der Waals surface area contributed by atoms with Crippen LogP contribution in [-0.2, 0) is 9.59 Å². The zero-order valence-electron chi connectivity index (χ0n) is 11.0. The number of nitrogens with two attached hydrogens (primary N) is 1. The molecule has 0 spiro atoms. The van der Waals surface area contributed by atoms with Gasteiger partial charge in [0.25, 0.3) is 5.91 Å². The highest BCUT2D eigenvalue weighted by Crippen LogP contribution is 2.27. The van der Waals surface area contributed by atoms with Crippen molar-refractivity contribution < 1.29 is 19.5 Å². The highest BCUT2D eigenvalue weighted by Gasteiger charge is 2.33. The molecule has 1 aromatic carbocycles. The molecule has 1 atom stereocenters. The van der Waals surface area contributed by atoms with Gasteiger partial charge in [0.15, 0.2) is 0 Å². The molecule has 0 aliphatic carbocycles. The molecule has 1 aliphatic rings. The number of carboxylic acid groups (broad SMARTS) is 1. The van der Waals surface area contributed by atoms with E-state index in [9.17, 15) is 14.4 Å². The SMILES string of the molecule is NC(=O)c1cc(Cl)ccc1N1CCNC(=O)C1CC(=O)O. The Hall–Kier alpha value is -2.28. The van der Waals surface area contributed by atoms with E-state index in [4.69, 9.17) is 22.4 Å². The fourth-order valence-electron chi connectivity index (χ4n) is 2.33. The van der Waals surface area contributed by atoms with Crippen molar-refractivity contribution in [2.75, 3.05) is 18.0 Å². The largest absolute Gasteiger partial charge is 0.481 e. The van der Waals surface area contributed by atoms with E-state index >= 15 is 0 Å². The fourth-order valence-corrected chi connectivity index (χ4v) is 2.50. The van der Waals surface area contributed by atoms with Crippen molar-refractivity contribution in [3.05, 3.63) is 28.8 Å². The molecule has 7 nitrogen and oxygen atoms in total. The van der Waals surface area contributed by atoms with E-state index in [-0.39, 0.29) is 12.0 Å². The molecule has 1 aromatic rings. The van der Waals surface area contributed by atoms with Gasteiger partial charge in [-0.25, -0.2) is 0 Å². The number of piperazine rings is 1. The van der Waals surface area contributed by atoms with Gasteiger partial charge in [0.1, 0.15) is 6.04 Å². The Bertz CT molecular complexity index is 605. The van der Waals surface area contributed by atoms with Gasteiger partial charge < -0.3 is 21.1 Å². The number of carbonyl (C=O) groups excluding carboxylic acids is 2. The Labute approximate surface area is 125 Å². The Kier molecular flexibility index (Phi) is 4.32. The molecular weight excluding hydrogens is 298 g/mol. The van der Waals surface area contributed by atoms with E-state index in [1.54, 1.807) is 17.0 Å². The minimum Gasteiger partial charge on any atom is -0.481 e. The smallest absolute Gasteiger partial charge is 0.305 e. The number of carbonyl (C=O) groups is 3. The van der Waals surface area contributed by atoms with Crippen LogP contribution >= 0.6 is 11.6 Å². The number of anilines is 1. The van der Waals surface area contributed by atoms with Gasteiger partial charge in [-0.3, -0.25) is 14.4 Å². The van der Waals surface area contributed by atoms with Crippen molar-refractivity contribution in [3.8, 4) is 0 Å². The lowest BCUT2D eigenvalue weighted by molar-refractivity contribution is -0.139. The van der Waals surface area contributed by atoms with Crippen LogP contribution in [0, 0.1) is 0 Å². The highest BCUT2D eigenvalue weighted by molar-refractivity contribution is 6.31. The van der Waals surface area contributed by atoms with Crippen LogP contribution in [0.15, 0.2) is 18.2 Å². The summed E-state index contributed by atoms with van der Waals surface area (Å²) in [6.07, 6.45) is -0.368. The third-order valence-electron chi connectivity index (χ3n) is 3.23. The van der Waals surface area contributed by atoms with Gasteiger partial charge in [0.05, 0.1) is 17.7 Å². The number of primary amides is 1. The summed E-state index contributed by atoms with van der Waals surface area (Å²) in [5.41, 5.74) is 5.90. The summed E-state index contributed by atoms with van der Waals surface area (Å²) in [6.45, 7) is 0.737. The highest BCUT2D eigenvalue weighted by atomic mass is 35.5. The summed E-state index contributed by atoms with van der Waals surface area (Å²) in [6, 6.07) is 3.64. The monoisotopic (exact) mass is 311 g/mol. The van der Waals surface area contributed by atoms with Gasteiger partial charge in [-0.2, -0.15) is 0 Å². The summed E-state index contributed by atoms with van der Waals surface area (Å²) in [4.78, 5) is 36.0. The predicted octanol–water partition coefficient (Wildman–Crippen LogP) is 0.218. The number of hydrogen-bond acceptors (Lipinski definition) is 4. The molecule has 112 valence electrons. The van der Waals surface area contributed by atoms with Crippen molar-refractivity contribution in [3.63, 3.8) is 0 Å². The molecular formula is C13H14ClN3O4. The third-order valence-corrected chi connectivity index (χ3v) is 3.47. The number of nitrogens with zero attached hydrogens (tertiary/aromatic N) is 1. The van der Waals surface area contributed by atoms with Crippen LogP contribution in [0.25, 0.3) is 0 Å². The number of hydrogen-bond donors (Lipinski definition) is 3. The average Bonchev–Trinajstić information content (AvgIpc) is 2.41. The quantitative estimate of drug-likeness (QED) is 0.736. The van der Waals surface area contributed by atoms with Crippen LogP contribution in [0.1, 0.15) is 16.8 Å². The molecule has 1 unspecified atom stereocenters. The topological polar surface area (TPSA) is 113 Å². The molecule has 4 N–H and O–H groups in total. The molecule has 21 heavy (non-hydrogen) atoms. The van der Waals surface area contributed by atoms with Gasteiger partial charge in [-0.1, -0.05) is 11.6 Å². The lowest BCUT2D eigenvalue weighted by Crippen LogP contribution is -2.56. The van der Waals surface area contributed by atoms with Gasteiger partial charge in [0, 0.05) is 18.1 Å². The van der Waals surface area contributed by atoms with Gasteiger partial charge in [-0.05, 0) is 18.2 Å². The lowest BCUT2D eigenvalue weighted by atomic mass is 10.0. The molecule has 0 bridgehead atoms. The molecule has 1 fully saturated rings. The van der Waals surface area contributed by atoms with Crippen LogP contribution in [0.5, 0.6) is 0 Å². The Balaban J connectivity index is 2.44. The Morgan fingerprint density at radius 1 is 1.48 bits per heavy atom. The van der Waals surface area contributed by atoms with Crippen LogP contribution < -0.4 is 16.0 Å². The van der Waals surface area contributed by atoms with E-state index in [1.807, 2.05) is 0 Å². The second-order valence-electron chi connectivity index (χ2n) is 4.62. The van der Waals surface area contributed by atoms with E-state index in [1.165, 1.54) is 6.07 Å². The molecule has 2 amide bonds. The van der Waals surface area contributed by atoms with Crippen LogP contribution in [0.3, 0.4) is 0 Å². The summed E-state index contributed by atoms with van der Waals surface area (Å²) in [5.74, 6) is -2.18. The first-order chi connectivity index (χ1) is 9.90. The number of aliphatic carboxylic acids is 1. The number of carboxylic acids is 1. The fraction of sp³-hybridized carbons (Fsp3) is 0.308. The van der Waals surface area contributed by atoms with E-state index in [2.05, 4.69) is 5.32 Å². The maximum Gasteiger partial charge on any atom is 0.305 e. The van der Waals surface area contributed by atoms with Crippen molar-refractivity contribution >= 4 is 35.1 Å². The summed E-state index contributed by atoms with van der Waals surface area (Å²) in [5, 5.41) is 11.9. The number of rotatable bonds is 4. The van der Waals surface area contributed by atoms with E-state index < -0.39 is 23.8 Å². The summed E-state index contributed by atoms with van der Waals surface area (Å²) < 4.78 is 0. The third kappa shape index (κ3) is 3.25. The van der Waals surface area contributed by atoms with Crippen molar-refractivity contribution in [1.29, 1.82) is 0 Å². The molecule has 0 aromatic heterocycles. The summed E-state index contributed by atoms with van der Waals surface area (Å²) in [7, 11) is 0. The van der Waals surface area contributed by atoms with Crippen molar-refractivity contribution in [2.45, 2.75) is 12.5 Å². The molecule has 1 saturated heterocycles. The molecule has 1 aliphatic heterocycles. The van der Waals surface area contributed by atoms with Crippen molar-refractivity contribution in [1.82, 2.24) is 5.32 Å². The number of nitrogens with one attached hydrogen (secondary N) is 1. The first kappa shape index (κ1) is 15.1. The first-order valence-corrected chi connectivity index (χ1v) is 6.63. The number of halogens is 1. The first-order valence-electron chi connectivity index (χ1n) is 6.25. The van der Waals surface area contributed by atoms with Crippen molar-refractivity contribution in [2.24, 2.45) is 5.73 Å². The second-order valence-corrected chi connectivity index (χ2v) is 5.06. The minimum absolute atomic E-state index is 0.160. The number of benzene rings is 1. The molecule has 1 heterocycles. The lowest BCUT2D eigenvalue weighted by Gasteiger charge is -2.36. The molecule has 0 saturated carbocycles. The standard InChI is InChI=1S/C13H14ClN3O4/c14-7-1-2-9(8(5-7)12(15)20)17-4-3-16-13(21)10(17)6-11(18)19/h1-2,5,10H,3-4,6H2,(H2,15,20)(H,16,21)(H,18,19). The summed E-state index contributed by atoms with van der Waals surface area (Å²) >= 11 is 5.85. The van der Waals surface area contributed by atoms with Gasteiger partial charge >= 0.3 is 5.97 Å². The average molecular weight is 312 g/mol. The second kappa shape index (κ2) is 6.01. The zero-order valence-corrected chi connectivity index (χ0v) is 11.8. The van der Waals surface area contributed by atoms with Gasteiger partial charge in [0.2, 0.25) is 5.91 Å². The predicted molar refractivity (Wildman–Crippen MR) is 76.4 cm³/mol. The normalized spacial score (nSPS) is 18.2. The zero-order chi connectivity index (χ0) is 15.6. The minimum atomic E-state index is -1.10. The van der Waals surface area contributed by atoms with Crippen LogP contribution in [0.2, 0.25) is 5.02 Å². The maximum absolute atomic E-state index is 11.9. The van der Waals surface area contributed by atoms with E-state index in [0.29, 0.717) is 23.8 Å². The number of amides is 2. The van der Waals surface area contributed by atoms with E-state index in [0.717, 1.165) is 0 Å². The molecule has 8 heteroatoms. The van der Waals surface area contributed by atoms with Crippen LogP contribution in [-0.4, -0.2) is 42.0 Å². The molecule has 2 rings (SSSR count).